The second kappa shape index (κ2) is 10.4. The number of methoxy groups -OCH3 is 1. The van der Waals surface area contributed by atoms with E-state index < -0.39 is 9.84 Å². The number of hydrogen-bond acceptors (Lipinski definition) is 7. The quantitative estimate of drug-likeness (QED) is 0.482. The monoisotopic (exact) mass is 564 g/mol. The second-order valence-corrected chi connectivity index (χ2v) is 11.9. The predicted octanol–water partition coefficient (Wildman–Crippen LogP) is 3.97. The highest BCUT2D eigenvalue weighted by Gasteiger charge is 2.28. The minimum Gasteiger partial charge on any atom is -0.497 e. The number of nitrogens with zero attached hydrogens (tertiary/aromatic N) is 3. The Morgan fingerprint density at radius 2 is 1.86 bits per heavy atom. The molecule has 12 heteroatoms. The Bertz CT molecular complexity index is 1550. The normalized spacial score (nSPS) is 13.4. The third kappa shape index (κ3) is 5.61. The maximum Gasteiger partial charge on any atom is 0.263 e. The lowest BCUT2D eigenvalue weighted by molar-refractivity contribution is 0.0731. The van der Waals surface area contributed by atoms with Crippen molar-refractivity contribution in [2.75, 3.05) is 25.2 Å². The number of halogens is 2. The summed E-state index contributed by atoms with van der Waals surface area (Å²) in [5, 5.41) is 3.80. The molecule has 0 spiro atoms. The Kier molecular flexibility index (Phi) is 7.55. The Labute approximate surface area is 224 Å². The molecule has 0 radical (unpaired) electrons. The van der Waals surface area contributed by atoms with Crippen LogP contribution in [0.25, 0.3) is 5.69 Å². The minimum atomic E-state index is -3.58. The molecule has 1 aliphatic heterocycles. The van der Waals surface area contributed by atoms with Gasteiger partial charge in [0, 0.05) is 36.0 Å². The lowest BCUT2D eigenvalue weighted by Crippen LogP contribution is -2.41. The van der Waals surface area contributed by atoms with Crippen LogP contribution in [0.2, 0.25) is 10.0 Å². The van der Waals surface area contributed by atoms with Crippen molar-refractivity contribution in [1.82, 2.24) is 14.5 Å². The van der Waals surface area contributed by atoms with E-state index in [0.29, 0.717) is 34.1 Å². The predicted molar refractivity (Wildman–Crippen MR) is 143 cm³/mol. The molecule has 1 aromatic heterocycles. The molecule has 0 saturated carbocycles. The number of amides is 1. The number of aromatic nitrogens is 2. The average Bonchev–Trinajstić information content (AvgIpc) is 2.83. The summed E-state index contributed by atoms with van der Waals surface area (Å²) in [5.74, 6) is 0.269. The molecular weight excluding hydrogens is 539 g/mol. The smallest absolute Gasteiger partial charge is 0.263 e. The van der Waals surface area contributed by atoms with Crippen LogP contribution in [0.3, 0.4) is 0 Å². The molecular formula is C25H26Cl2N4O5S. The van der Waals surface area contributed by atoms with E-state index in [2.05, 4.69) is 5.32 Å². The lowest BCUT2D eigenvalue weighted by Gasteiger charge is -2.29. The number of rotatable bonds is 6. The van der Waals surface area contributed by atoms with Crippen molar-refractivity contribution in [1.29, 1.82) is 0 Å². The molecule has 0 saturated heterocycles. The molecule has 0 atom stereocenters. The SMILES string of the molecule is COc1cc(-n2c(NC(C)C)nc3c(c2=O)CCN(C(=O)c2ccc(Cl)c(Cl)c2)C3)cc(S(C)(=O)=O)c1. The molecule has 2 aromatic carbocycles. The van der Waals surface area contributed by atoms with Crippen LogP contribution in [0.5, 0.6) is 5.75 Å². The third-order valence-electron chi connectivity index (χ3n) is 5.89. The highest BCUT2D eigenvalue weighted by atomic mass is 35.5. The molecule has 0 fully saturated rings. The van der Waals surface area contributed by atoms with Crippen LogP contribution in [0.4, 0.5) is 5.95 Å². The van der Waals surface area contributed by atoms with Crippen LogP contribution in [0.15, 0.2) is 46.1 Å². The van der Waals surface area contributed by atoms with Gasteiger partial charge in [-0.2, -0.15) is 0 Å². The number of anilines is 1. The van der Waals surface area contributed by atoms with Gasteiger partial charge in [0.05, 0.1) is 40.0 Å². The van der Waals surface area contributed by atoms with Gasteiger partial charge < -0.3 is 15.0 Å². The second-order valence-electron chi connectivity index (χ2n) is 9.04. The van der Waals surface area contributed by atoms with Crippen LogP contribution in [-0.4, -0.2) is 54.7 Å². The van der Waals surface area contributed by atoms with E-state index in [-0.39, 0.29) is 52.1 Å². The van der Waals surface area contributed by atoms with E-state index in [9.17, 15) is 18.0 Å². The number of hydrogen-bond donors (Lipinski definition) is 1. The number of benzene rings is 2. The van der Waals surface area contributed by atoms with Gasteiger partial charge in [0.15, 0.2) is 9.84 Å². The standard InChI is InChI=1S/C25H26Cl2N4O5S/c1-14(2)28-25-29-22-13-30(23(32)15-5-6-20(26)21(27)9-15)8-7-19(22)24(33)31(25)16-10-17(36-3)12-18(11-16)37(4,34)35/h5-6,9-12,14H,7-8,13H2,1-4H3,(H,28,29). The van der Waals surface area contributed by atoms with E-state index in [1.807, 2.05) is 13.8 Å². The van der Waals surface area contributed by atoms with Gasteiger partial charge in [0.1, 0.15) is 5.75 Å². The molecule has 0 aliphatic carbocycles. The fourth-order valence-corrected chi connectivity index (χ4v) is 5.05. The van der Waals surface area contributed by atoms with Gasteiger partial charge in [0.25, 0.3) is 11.5 Å². The van der Waals surface area contributed by atoms with E-state index in [1.165, 1.54) is 29.9 Å². The van der Waals surface area contributed by atoms with Crippen LogP contribution in [0, 0.1) is 0 Å². The third-order valence-corrected chi connectivity index (χ3v) is 7.72. The van der Waals surface area contributed by atoms with Crippen molar-refractivity contribution in [2.45, 2.75) is 37.8 Å². The van der Waals surface area contributed by atoms with Crippen LogP contribution >= 0.6 is 23.2 Å². The van der Waals surface area contributed by atoms with Crippen molar-refractivity contribution in [3.05, 3.63) is 73.6 Å². The maximum atomic E-state index is 13.8. The summed E-state index contributed by atoms with van der Waals surface area (Å²) >= 11 is 12.1. The summed E-state index contributed by atoms with van der Waals surface area (Å²) in [5.41, 5.74) is 1.27. The van der Waals surface area contributed by atoms with Gasteiger partial charge >= 0.3 is 0 Å². The fourth-order valence-electron chi connectivity index (χ4n) is 4.09. The van der Waals surface area contributed by atoms with Crippen molar-refractivity contribution in [2.24, 2.45) is 0 Å². The average molecular weight is 565 g/mol. The van der Waals surface area contributed by atoms with Crippen molar-refractivity contribution >= 4 is 44.9 Å². The number of fused-ring (bicyclic) bond motifs is 1. The zero-order chi connectivity index (χ0) is 27.1. The van der Waals surface area contributed by atoms with Gasteiger partial charge in [-0.15, -0.1) is 0 Å². The van der Waals surface area contributed by atoms with Crippen molar-refractivity contribution in [3.63, 3.8) is 0 Å². The first-order valence-corrected chi connectivity index (χ1v) is 14.1. The summed E-state index contributed by atoms with van der Waals surface area (Å²) < 4.78 is 31.2. The Morgan fingerprint density at radius 3 is 2.49 bits per heavy atom. The molecule has 9 nitrogen and oxygen atoms in total. The summed E-state index contributed by atoms with van der Waals surface area (Å²) in [4.78, 5) is 33.2. The number of nitrogens with one attached hydrogen (secondary N) is 1. The molecule has 2 heterocycles. The summed E-state index contributed by atoms with van der Waals surface area (Å²) in [6.45, 7) is 4.21. The zero-order valence-corrected chi connectivity index (χ0v) is 23.0. The molecule has 196 valence electrons. The van der Waals surface area contributed by atoms with Gasteiger partial charge in [-0.1, -0.05) is 23.2 Å². The number of ether oxygens (including phenoxy) is 1. The summed E-state index contributed by atoms with van der Waals surface area (Å²) in [7, 11) is -2.16. The Morgan fingerprint density at radius 1 is 1.14 bits per heavy atom. The molecule has 4 rings (SSSR count). The molecule has 1 amide bonds. The topological polar surface area (TPSA) is 111 Å². The Balaban J connectivity index is 1.81. The number of carbonyl (C=O) groups is 1. The highest BCUT2D eigenvalue weighted by Crippen LogP contribution is 2.27. The fraction of sp³-hybridized carbons (Fsp3) is 0.320. The van der Waals surface area contributed by atoms with Gasteiger partial charge in [-0.3, -0.25) is 9.59 Å². The van der Waals surface area contributed by atoms with E-state index in [0.717, 1.165) is 6.26 Å². The minimum absolute atomic E-state index is 0.0142. The van der Waals surface area contributed by atoms with Gasteiger partial charge in [0.2, 0.25) is 5.95 Å². The molecule has 0 bridgehead atoms. The van der Waals surface area contributed by atoms with Crippen molar-refractivity contribution in [3.8, 4) is 11.4 Å². The first kappa shape index (κ1) is 27.0. The Hall–Kier alpha value is -3.08. The first-order chi connectivity index (χ1) is 17.4. The maximum absolute atomic E-state index is 13.8. The van der Waals surface area contributed by atoms with Crippen LogP contribution in [-0.2, 0) is 22.8 Å². The molecule has 1 N–H and O–H groups in total. The first-order valence-electron chi connectivity index (χ1n) is 11.4. The van der Waals surface area contributed by atoms with Crippen molar-refractivity contribution < 1.29 is 17.9 Å². The van der Waals surface area contributed by atoms with E-state index in [1.54, 1.807) is 23.1 Å². The van der Waals surface area contributed by atoms with E-state index >= 15 is 0 Å². The number of carbonyl (C=O) groups excluding carboxylic acids is 1. The number of sulfone groups is 1. The summed E-state index contributed by atoms with van der Waals surface area (Å²) in [6.07, 6.45) is 1.37. The van der Waals surface area contributed by atoms with E-state index in [4.69, 9.17) is 32.9 Å². The molecule has 3 aromatic rings. The molecule has 1 aliphatic rings. The largest absolute Gasteiger partial charge is 0.497 e. The zero-order valence-electron chi connectivity index (χ0n) is 20.7. The van der Waals surface area contributed by atoms with Gasteiger partial charge in [-0.05, 0) is 50.6 Å². The van der Waals surface area contributed by atoms with Crippen LogP contribution in [0.1, 0.15) is 35.5 Å². The van der Waals surface area contributed by atoms with Gasteiger partial charge in [-0.25, -0.2) is 18.0 Å². The molecule has 37 heavy (non-hydrogen) atoms. The molecule has 0 unspecified atom stereocenters. The highest BCUT2D eigenvalue weighted by molar-refractivity contribution is 7.90. The lowest BCUT2D eigenvalue weighted by atomic mass is 10.0. The van der Waals surface area contributed by atoms with Crippen LogP contribution < -0.4 is 15.6 Å². The summed E-state index contributed by atoms with van der Waals surface area (Å²) in [6, 6.07) is 8.99.